The van der Waals surface area contributed by atoms with Crippen molar-refractivity contribution in [3.05, 3.63) is 29.8 Å². The summed E-state index contributed by atoms with van der Waals surface area (Å²) in [6.45, 7) is 3.39. The molecule has 1 fully saturated rings. The molecule has 1 N–H and O–H groups in total. The Morgan fingerprint density at radius 1 is 1.25 bits per heavy atom. The molecule has 108 valence electrons. The van der Waals surface area contributed by atoms with Gasteiger partial charge in [0, 0.05) is 6.54 Å². The predicted octanol–water partition coefficient (Wildman–Crippen LogP) is 2.79. The smallest absolute Gasteiger partial charge is 0.336 e. The van der Waals surface area contributed by atoms with Crippen molar-refractivity contribution in [3.63, 3.8) is 0 Å². The number of benzene rings is 1. The number of anilines is 1. The van der Waals surface area contributed by atoms with Gasteiger partial charge < -0.3 is 5.32 Å². The highest BCUT2D eigenvalue weighted by atomic mass is 19.4. The molecule has 2 rings (SSSR count). The van der Waals surface area contributed by atoms with E-state index in [2.05, 4.69) is 5.32 Å². The fourth-order valence-electron chi connectivity index (χ4n) is 1.90. The number of rotatable bonds is 1. The second kappa shape index (κ2) is 4.50. The molecule has 0 aliphatic carbocycles. The van der Waals surface area contributed by atoms with Crippen LogP contribution in [-0.2, 0) is 11.0 Å². The normalized spacial score (nSPS) is 18.9. The van der Waals surface area contributed by atoms with Crippen LogP contribution in [0.2, 0.25) is 0 Å². The first-order valence-corrected chi connectivity index (χ1v) is 5.92. The Hall–Kier alpha value is -2.05. The summed E-state index contributed by atoms with van der Waals surface area (Å²) in [6.07, 6.45) is -4.53. The van der Waals surface area contributed by atoms with E-state index in [4.69, 9.17) is 0 Å². The van der Waals surface area contributed by atoms with Crippen molar-refractivity contribution in [2.75, 3.05) is 11.4 Å². The minimum atomic E-state index is -4.53. The Kier molecular flexibility index (Phi) is 3.23. The Balaban J connectivity index is 2.44. The number of urea groups is 1. The number of hydrogen-bond acceptors (Lipinski definition) is 2. The fraction of sp³-hybridized carbons (Fsp3) is 0.385. The van der Waals surface area contributed by atoms with Crippen LogP contribution in [0.15, 0.2) is 24.3 Å². The zero-order valence-corrected chi connectivity index (χ0v) is 10.9. The van der Waals surface area contributed by atoms with Gasteiger partial charge in [-0.15, -0.1) is 0 Å². The molecule has 1 heterocycles. The summed E-state index contributed by atoms with van der Waals surface area (Å²) in [7, 11) is 0. The fourth-order valence-corrected chi connectivity index (χ4v) is 1.90. The van der Waals surface area contributed by atoms with Crippen LogP contribution >= 0.6 is 0 Å². The van der Waals surface area contributed by atoms with E-state index < -0.39 is 29.1 Å². The van der Waals surface area contributed by atoms with Gasteiger partial charge in [0.1, 0.15) is 0 Å². The topological polar surface area (TPSA) is 49.4 Å². The lowest BCUT2D eigenvalue weighted by Crippen LogP contribution is -2.59. The zero-order valence-electron chi connectivity index (χ0n) is 10.9. The van der Waals surface area contributed by atoms with Crippen molar-refractivity contribution in [3.8, 4) is 0 Å². The van der Waals surface area contributed by atoms with Gasteiger partial charge in [0.15, 0.2) is 0 Å². The third-order valence-corrected chi connectivity index (χ3v) is 3.10. The maximum Gasteiger partial charge on any atom is 0.416 e. The highest BCUT2D eigenvalue weighted by Crippen LogP contribution is 2.33. The molecule has 0 atom stereocenters. The summed E-state index contributed by atoms with van der Waals surface area (Å²) in [5.41, 5.74) is -1.85. The molecule has 1 aromatic carbocycles. The van der Waals surface area contributed by atoms with Crippen LogP contribution < -0.4 is 10.2 Å². The van der Waals surface area contributed by atoms with Crippen LogP contribution in [0, 0.1) is 5.41 Å². The molecule has 0 bridgehead atoms. The first-order chi connectivity index (χ1) is 9.13. The van der Waals surface area contributed by atoms with E-state index in [1.807, 2.05) is 0 Å². The molecule has 0 saturated carbocycles. The van der Waals surface area contributed by atoms with Crippen molar-refractivity contribution >= 4 is 17.6 Å². The Morgan fingerprint density at radius 3 is 2.50 bits per heavy atom. The second-order valence-electron chi connectivity index (χ2n) is 5.23. The minimum Gasteiger partial charge on any atom is -0.336 e. The van der Waals surface area contributed by atoms with Crippen LogP contribution in [0.4, 0.5) is 23.7 Å². The van der Waals surface area contributed by atoms with E-state index in [-0.39, 0.29) is 12.2 Å². The largest absolute Gasteiger partial charge is 0.416 e. The third kappa shape index (κ3) is 2.48. The molecule has 0 unspecified atom stereocenters. The number of nitrogens with zero attached hydrogens (tertiary/aromatic N) is 1. The lowest BCUT2D eigenvalue weighted by atomic mass is 9.89. The van der Waals surface area contributed by atoms with E-state index in [1.54, 1.807) is 13.8 Å². The number of alkyl halides is 3. The molecule has 3 amide bonds. The summed E-state index contributed by atoms with van der Waals surface area (Å²) in [5, 5.41) is 2.49. The average molecular weight is 286 g/mol. The van der Waals surface area contributed by atoms with E-state index >= 15 is 0 Å². The van der Waals surface area contributed by atoms with Gasteiger partial charge in [0.2, 0.25) is 5.91 Å². The highest BCUT2D eigenvalue weighted by Gasteiger charge is 2.41. The zero-order chi connectivity index (χ0) is 15.1. The van der Waals surface area contributed by atoms with Gasteiger partial charge in [-0.25, -0.2) is 9.69 Å². The van der Waals surface area contributed by atoms with E-state index in [9.17, 15) is 22.8 Å². The molecular weight excluding hydrogens is 273 g/mol. The summed E-state index contributed by atoms with van der Waals surface area (Å²) < 4.78 is 38.0. The number of halogens is 3. The lowest BCUT2D eigenvalue weighted by Gasteiger charge is -2.36. The number of hydrogen-bond donors (Lipinski definition) is 1. The average Bonchev–Trinajstić information content (AvgIpc) is 2.35. The maximum absolute atomic E-state index is 12.7. The lowest BCUT2D eigenvalue weighted by molar-refractivity contribution is -0.137. The van der Waals surface area contributed by atoms with Crippen LogP contribution in [0.5, 0.6) is 0 Å². The molecule has 1 aliphatic rings. The molecule has 0 radical (unpaired) electrons. The van der Waals surface area contributed by atoms with Crippen molar-refractivity contribution in [1.82, 2.24) is 5.32 Å². The quantitative estimate of drug-likeness (QED) is 0.863. The molecular formula is C13H13F3N2O2. The van der Waals surface area contributed by atoms with Crippen LogP contribution in [0.1, 0.15) is 19.4 Å². The van der Waals surface area contributed by atoms with Gasteiger partial charge in [-0.1, -0.05) is 6.07 Å². The number of carbonyl (C=O) groups is 2. The number of imide groups is 1. The Morgan fingerprint density at radius 2 is 1.90 bits per heavy atom. The molecule has 7 heteroatoms. The monoisotopic (exact) mass is 286 g/mol. The van der Waals surface area contributed by atoms with E-state index in [1.165, 1.54) is 12.1 Å². The van der Waals surface area contributed by atoms with Crippen molar-refractivity contribution in [2.24, 2.45) is 5.41 Å². The maximum atomic E-state index is 12.7. The van der Waals surface area contributed by atoms with Crippen molar-refractivity contribution in [2.45, 2.75) is 20.0 Å². The first kappa shape index (κ1) is 14.4. The highest BCUT2D eigenvalue weighted by molar-refractivity contribution is 6.17. The summed E-state index contributed by atoms with van der Waals surface area (Å²) in [6, 6.07) is 3.43. The van der Waals surface area contributed by atoms with E-state index in [0.29, 0.717) is 0 Å². The van der Waals surface area contributed by atoms with E-state index in [0.717, 1.165) is 17.0 Å². The first-order valence-electron chi connectivity index (χ1n) is 5.92. The summed E-state index contributed by atoms with van der Waals surface area (Å²) in [5.74, 6) is -0.527. The molecule has 4 nitrogen and oxygen atoms in total. The van der Waals surface area contributed by atoms with Crippen LogP contribution in [0.25, 0.3) is 0 Å². The Bertz CT molecular complexity index is 567. The molecule has 20 heavy (non-hydrogen) atoms. The number of nitrogens with one attached hydrogen (secondary N) is 1. The summed E-state index contributed by atoms with van der Waals surface area (Å²) in [4.78, 5) is 24.7. The summed E-state index contributed by atoms with van der Waals surface area (Å²) >= 11 is 0. The Labute approximate surface area is 113 Å². The second-order valence-corrected chi connectivity index (χ2v) is 5.23. The van der Waals surface area contributed by atoms with Crippen LogP contribution in [0.3, 0.4) is 0 Å². The van der Waals surface area contributed by atoms with Gasteiger partial charge in [-0.05, 0) is 32.0 Å². The van der Waals surface area contributed by atoms with Gasteiger partial charge in [-0.3, -0.25) is 4.79 Å². The number of carbonyl (C=O) groups excluding carboxylic acids is 2. The molecule has 0 aromatic heterocycles. The van der Waals surface area contributed by atoms with Crippen molar-refractivity contribution < 1.29 is 22.8 Å². The van der Waals surface area contributed by atoms with Gasteiger partial charge in [0.25, 0.3) is 0 Å². The van der Waals surface area contributed by atoms with Gasteiger partial charge >= 0.3 is 12.2 Å². The van der Waals surface area contributed by atoms with Crippen molar-refractivity contribution in [1.29, 1.82) is 0 Å². The molecule has 1 saturated heterocycles. The van der Waals surface area contributed by atoms with Gasteiger partial charge in [0.05, 0.1) is 16.7 Å². The van der Waals surface area contributed by atoms with Gasteiger partial charge in [-0.2, -0.15) is 13.2 Å². The molecule has 0 spiro atoms. The predicted molar refractivity (Wildman–Crippen MR) is 66.1 cm³/mol. The third-order valence-electron chi connectivity index (χ3n) is 3.10. The standard InChI is InChI=1S/C13H13F3N2O2/c1-12(2)7-17-11(20)18(10(12)19)9-5-3-4-8(6-9)13(14,15)16/h3-6H,7H2,1-2H3,(H,17,20). The minimum absolute atomic E-state index is 0.0879. The molecule has 1 aromatic rings. The molecule has 1 aliphatic heterocycles. The van der Waals surface area contributed by atoms with Crippen LogP contribution in [-0.4, -0.2) is 18.5 Å². The SMILES string of the molecule is CC1(C)CNC(=O)N(c2cccc(C(F)(F)F)c2)C1=O. The number of amides is 3.